The van der Waals surface area contributed by atoms with E-state index in [1.165, 1.54) is 12.1 Å². The van der Waals surface area contributed by atoms with Gasteiger partial charge >= 0.3 is 0 Å². The SMILES string of the molecule is O=C(c1ccccc1-n1cccn1)N1CC2CC(C1)CN(c1cnc3cc(F)ccc3n1)C2. The monoisotopic (exact) mass is 442 g/mol. The number of benzene rings is 2. The normalized spacial score (nSPS) is 20.3. The minimum atomic E-state index is -0.309. The van der Waals surface area contributed by atoms with E-state index in [0.717, 1.165) is 31.0 Å². The standard InChI is InChI=1S/C25H23FN6O/c26-19-6-7-21-22(11-19)27-12-24(29-21)30-13-17-10-18(14-30)16-31(15-17)25(33)20-4-1-2-5-23(20)32-9-3-8-28-32/h1-9,11-12,17-18H,10,13-16H2. The molecule has 2 saturated heterocycles. The molecule has 4 heterocycles. The second-order valence-corrected chi connectivity index (χ2v) is 8.91. The maximum Gasteiger partial charge on any atom is 0.256 e. The molecule has 0 N–H and O–H groups in total. The van der Waals surface area contributed by atoms with Gasteiger partial charge in [-0.1, -0.05) is 12.1 Å². The number of carbonyl (C=O) groups excluding carboxylic acids is 1. The third-order valence-electron chi connectivity index (χ3n) is 6.57. The van der Waals surface area contributed by atoms with Crippen LogP contribution in [0.5, 0.6) is 0 Å². The zero-order valence-corrected chi connectivity index (χ0v) is 18.0. The van der Waals surface area contributed by atoms with Gasteiger partial charge in [0.15, 0.2) is 0 Å². The summed E-state index contributed by atoms with van der Waals surface area (Å²) in [5.41, 5.74) is 2.72. The van der Waals surface area contributed by atoms with E-state index in [1.807, 2.05) is 41.4 Å². The van der Waals surface area contributed by atoms with Crippen molar-refractivity contribution in [1.82, 2.24) is 24.6 Å². The average molecular weight is 442 g/mol. The van der Waals surface area contributed by atoms with Crippen LogP contribution < -0.4 is 4.90 Å². The Hall–Kier alpha value is -3.81. The molecular weight excluding hydrogens is 419 g/mol. The summed E-state index contributed by atoms with van der Waals surface area (Å²) in [7, 11) is 0. The molecule has 8 heteroatoms. The van der Waals surface area contributed by atoms with Crippen molar-refractivity contribution < 1.29 is 9.18 Å². The highest BCUT2D eigenvalue weighted by molar-refractivity contribution is 5.97. The number of rotatable bonds is 3. The van der Waals surface area contributed by atoms with Crippen LogP contribution in [-0.4, -0.2) is 56.7 Å². The molecule has 33 heavy (non-hydrogen) atoms. The smallest absolute Gasteiger partial charge is 0.256 e. The number of carbonyl (C=O) groups is 1. The van der Waals surface area contributed by atoms with Crippen molar-refractivity contribution in [2.45, 2.75) is 6.42 Å². The van der Waals surface area contributed by atoms with Crippen LogP contribution in [0, 0.1) is 17.7 Å². The lowest BCUT2D eigenvalue weighted by molar-refractivity contribution is 0.0564. The van der Waals surface area contributed by atoms with Crippen molar-refractivity contribution >= 4 is 22.8 Å². The maximum atomic E-state index is 13.5. The summed E-state index contributed by atoms with van der Waals surface area (Å²) in [5.74, 6) is 1.29. The van der Waals surface area contributed by atoms with Crippen molar-refractivity contribution in [2.24, 2.45) is 11.8 Å². The number of anilines is 1. The zero-order valence-electron chi connectivity index (χ0n) is 18.0. The van der Waals surface area contributed by atoms with Crippen molar-refractivity contribution in [2.75, 3.05) is 31.1 Å². The minimum absolute atomic E-state index is 0.0526. The first-order valence-electron chi connectivity index (χ1n) is 11.2. The highest BCUT2D eigenvalue weighted by Gasteiger charge is 2.37. The van der Waals surface area contributed by atoms with Crippen molar-refractivity contribution in [3.63, 3.8) is 0 Å². The van der Waals surface area contributed by atoms with Gasteiger partial charge in [0, 0.05) is 44.6 Å². The van der Waals surface area contributed by atoms with Crippen molar-refractivity contribution in [1.29, 1.82) is 0 Å². The van der Waals surface area contributed by atoms with Crippen molar-refractivity contribution in [3.05, 3.63) is 78.5 Å². The predicted octanol–water partition coefficient (Wildman–Crippen LogP) is 3.55. The van der Waals surface area contributed by atoms with Gasteiger partial charge in [0.25, 0.3) is 5.91 Å². The molecule has 0 spiro atoms. The Morgan fingerprint density at radius 2 is 1.79 bits per heavy atom. The summed E-state index contributed by atoms with van der Waals surface area (Å²) < 4.78 is 15.2. The Bertz CT molecular complexity index is 1310. The number of hydrogen-bond donors (Lipinski definition) is 0. The Balaban J connectivity index is 1.21. The molecule has 2 aliphatic heterocycles. The number of amides is 1. The number of aromatic nitrogens is 4. The lowest BCUT2D eigenvalue weighted by Gasteiger charge is -2.46. The van der Waals surface area contributed by atoms with E-state index in [4.69, 9.17) is 4.98 Å². The van der Waals surface area contributed by atoms with Gasteiger partial charge in [-0.15, -0.1) is 0 Å². The highest BCUT2D eigenvalue weighted by Crippen LogP contribution is 2.32. The fourth-order valence-corrected chi connectivity index (χ4v) is 5.20. The van der Waals surface area contributed by atoms with Gasteiger partial charge in [-0.3, -0.25) is 9.78 Å². The van der Waals surface area contributed by atoms with E-state index in [0.29, 0.717) is 41.5 Å². The number of hydrogen-bond acceptors (Lipinski definition) is 5. The molecule has 0 radical (unpaired) electrons. The van der Waals surface area contributed by atoms with Crippen LogP contribution in [0.3, 0.4) is 0 Å². The van der Waals surface area contributed by atoms with E-state index in [9.17, 15) is 9.18 Å². The molecule has 0 aliphatic carbocycles. The fourth-order valence-electron chi connectivity index (χ4n) is 5.20. The highest BCUT2D eigenvalue weighted by atomic mass is 19.1. The number of fused-ring (bicyclic) bond motifs is 3. The quantitative estimate of drug-likeness (QED) is 0.485. The molecule has 2 aliphatic rings. The summed E-state index contributed by atoms with van der Waals surface area (Å²) in [4.78, 5) is 26.9. The molecule has 7 nitrogen and oxygen atoms in total. The van der Waals surface area contributed by atoms with Gasteiger partial charge in [-0.05, 0) is 48.6 Å². The molecule has 2 unspecified atom stereocenters. The van der Waals surface area contributed by atoms with Crippen LogP contribution >= 0.6 is 0 Å². The minimum Gasteiger partial charge on any atom is -0.355 e. The number of para-hydroxylation sites is 1. The average Bonchev–Trinajstić information content (AvgIpc) is 3.37. The topological polar surface area (TPSA) is 67.2 Å². The van der Waals surface area contributed by atoms with Crippen LogP contribution in [0.15, 0.2) is 67.1 Å². The molecule has 2 atom stereocenters. The van der Waals surface area contributed by atoms with Gasteiger partial charge in [-0.2, -0.15) is 5.10 Å². The summed E-state index contributed by atoms with van der Waals surface area (Å²) in [6.07, 6.45) is 6.40. The van der Waals surface area contributed by atoms with Crippen LogP contribution in [0.25, 0.3) is 16.7 Å². The summed E-state index contributed by atoms with van der Waals surface area (Å²) >= 11 is 0. The summed E-state index contributed by atoms with van der Waals surface area (Å²) in [6.45, 7) is 3.07. The number of piperidine rings is 2. The predicted molar refractivity (Wildman–Crippen MR) is 123 cm³/mol. The number of likely N-dealkylation sites (tertiary alicyclic amines) is 1. The lowest BCUT2D eigenvalue weighted by atomic mass is 9.84. The first kappa shape index (κ1) is 19.8. The largest absolute Gasteiger partial charge is 0.355 e. The van der Waals surface area contributed by atoms with Gasteiger partial charge in [0.05, 0.1) is 28.5 Å². The third-order valence-corrected chi connectivity index (χ3v) is 6.57. The number of nitrogens with zero attached hydrogens (tertiary/aromatic N) is 6. The van der Waals surface area contributed by atoms with E-state index >= 15 is 0 Å². The molecule has 2 fully saturated rings. The Labute approximate surface area is 190 Å². The summed E-state index contributed by atoms with van der Waals surface area (Å²) in [6, 6.07) is 14.0. The Kier molecular flexibility index (Phi) is 4.78. The van der Waals surface area contributed by atoms with Crippen LogP contribution in [0.1, 0.15) is 16.8 Å². The third kappa shape index (κ3) is 3.71. The maximum absolute atomic E-state index is 13.5. The van der Waals surface area contributed by atoms with Gasteiger partial charge in [0.2, 0.25) is 0 Å². The van der Waals surface area contributed by atoms with Gasteiger partial charge in [-0.25, -0.2) is 14.1 Å². The molecule has 166 valence electrons. The molecule has 2 aromatic heterocycles. The van der Waals surface area contributed by atoms with Crippen LogP contribution in [0.2, 0.25) is 0 Å². The van der Waals surface area contributed by atoms with E-state index in [-0.39, 0.29) is 11.7 Å². The van der Waals surface area contributed by atoms with Gasteiger partial charge < -0.3 is 9.80 Å². The molecule has 2 aromatic carbocycles. The first-order chi connectivity index (χ1) is 16.1. The zero-order chi connectivity index (χ0) is 22.4. The second-order valence-electron chi connectivity index (χ2n) is 8.91. The lowest BCUT2D eigenvalue weighted by Crippen LogP contribution is -2.54. The van der Waals surface area contributed by atoms with E-state index in [1.54, 1.807) is 23.1 Å². The molecule has 2 bridgehead atoms. The van der Waals surface area contributed by atoms with E-state index in [2.05, 4.69) is 15.0 Å². The van der Waals surface area contributed by atoms with E-state index < -0.39 is 0 Å². The molecule has 0 saturated carbocycles. The first-order valence-corrected chi connectivity index (χ1v) is 11.2. The summed E-state index contributed by atoms with van der Waals surface area (Å²) in [5, 5.41) is 4.31. The fraction of sp³-hybridized carbons (Fsp3) is 0.280. The Morgan fingerprint density at radius 1 is 0.970 bits per heavy atom. The molecule has 1 amide bonds. The molecule has 4 aromatic rings. The van der Waals surface area contributed by atoms with Crippen LogP contribution in [0.4, 0.5) is 10.2 Å². The van der Waals surface area contributed by atoms with Gasteiger partial charge in [0.1, 0.15) is 11.6 Å². The van der Waals surface area contributed by atoms with Crippen LogP contribution in [-0.2, 0) is 0 Å². The molecular formula is C25H23FN6O. The second kappa shape index (κ2) is 7.95. The molecule has 6 rings (SSSR count). The van der Waals surface area contributed by atoms with Crippen molar-refractivity contribution in [3.8, 4) is 5.69 Å². The Morgan fingerprint density at radius 3 is 2.58 bits per heavy atom. The number of halogens is 1.